The molecule has 0 atom stereocenters. The second kappa shape index (κ2) is 7.04. The van der Waals surface area contributed by atoms with Crippen molar-refractivity contribution in [2.24, 2.45) is 5.41 Å². The number of rotatable bonds is 4. The molecule has 0 fully saturated rings. The zero-order valence-corrected chi connectivity index (χ0v) is 14.3. The molecule has 0 amide bonds. The van der Waals surface area contributed by atoms with Gasteiger partial charge in [0.05, 0.1) is 17.3 Å². The van der Waals surface area contributed by atoms with Crippen LogP contribution in [0.1, 0.15) is 30.7 Å². The monoisotopic (exact) mass is 337 g/mol. The number of nitrogens with one attached hydrogen (secondary N) is 1. The maximum absolute atomic E-state index is 13.9. The number of pyridine rings is 1. The lowest BCUT2D eigenvalue weighted by Crippen LogP contribution is -2.35. The predicted octanol–water partition coefficient (Wildman–Crippen LogP) is 3.68. The van der Waals surface area contributed by atoms with Crippen LogP contribution in [0.4, 0.5) is 4.39 Å². The first kappa shape index (κ1) is 17.1. The fourth-order valence-corrected chi connectivity index (χ4v) is 2.91. The Morgan fingerprint density at radius 3 is 2.88 bits per heavy atom. The van der Waals surface area contributed by atoms with Gasteiger partial charge in [0, 0.05) is 30.1 Å². The molecule has 4 nitrogen and oxygen atoms in total. The molecular formula is C20H20FN3O. The standard InChI is InChI=1S/C20H20FN3O/c1-20(2)13-23-9-8-16(20)18-4-3-5-19(24-18)25-12-15-7-6-14(11-22)10-17(15)21/h3-8,10,23H,9,12-13H2,1-2H3. The number of halogens is 1. The number of benzene rings is 1. The third-order valence-electron chi connectivity index (χ3n) is 4.30. The highest BCUT2D eigenvalue weighted by Gasteiger charge is 2.27. The van der Waals surface area contributed by atoms with Gasteiger partial charge in [0.2, 0.25) is 5.88 Å². The van der Waals surface area contributed by atoms with E-state index in [1.807, 2.05) is 18.2 Å². The average molecular weight is 337 g/mol. The number of ether oxygens (including phenoxy) is 1. The molecule has 1 N–H and O–H groups in total. The number of nitriles is 1. The van der Waals surface area contributed by atoms with Crippen molar-refractivity contribution in [3.8, 4) is 11.9 Å². The van der Waals surface area contributed by atoms with E-state index in [0.29, 0.717) is 17.0 Å². The highest BCUT2D eigenvalue weighted by atomic mass is 19.1. The Balaban J connectivity index is 1.77. The van der Waals surface area contributed by atoms with Gasteiger partial charge in [-0.3, -0.25) is 0 Å². The summed E-state index contributed by atoms with van der Waals surface area (Å²) in [6.07, 6.45) is 2.15. The zero-order chi connectivity index (χ0) is 17.9. The van der Waals surface area contributed by atoms with Crippen molar-refractivity contribution in [1.82, 2.24) is 10.3 Å². The largest absolute Gasteiger partial charge is 0.473 e. The second-order valence-electron chi connectivity index (χ2n) is 6.70. The van der Waals surface area contributed by atoms with Crippen LogP contribution in [0.25, 0.3) is 5.57 Å². The molecule has 0 bridgehead atoms. The summed E-state index contributed by atoms with van der Waals surface area (Å²) in [6, 6.07) is 11.9. The molecule has 25 heavy (non-hydrogen) atoms. The van der Waals surface area contributed by atoms with Crippen LogP contribution in [-0.2, 0) is 6.61 Å². The average Bonchev–Trinajstić information content (AvgIpc) is 2.60. The van der Waals surface area contributed by atoms with Gasteiger partial charge in [-0.2, -0.15) is 5.26 Å². The van der Waals surface area contributed by atoms with Gasteiger partial charge in [0.15, 0.2) is 0 Å². The van der Waals surface area contributed by atoms with Crippen LogP contribution in [0.2, 0.25) is 0 Å². The van der Waals surface area contributed by atoms with Crippen LogP contribution in [0.3, 0.4) is 0 Å². The first-order chi connectivity index (χ1) is 12.0. The Kier molecular flexibility index (Phi) is 4.82. The highest BCUT2D eigenvalue weighted by Crippen LogP contribution is 2.35. The Morgan fingerprint density at radius 1 is 1.32 bits per heavy atom. The topological polar surface area (TPSA) is 57.9 Å². The van der Waals surface area contributed by atoms with E-state index in [9.17, 15) is 4.39 Å². The zero-order valence-electron chi connectivity index (χ0n) is 14.3. The smallest absolute Gasteiger partial charge is 0.214 e. The van der Waals surface area contributed by atoms with Crippen molar-refractivity contribution < 1.29 is 9.13 Å². The van der Waals surface area contributed by atoms with E-state index < -0.39 is 5.82 Å². The van der Waals surface area contributed by atoms with Crippen molar-refractivity contribution in [3.63, 3.8) is 0 Å². The maximum atomic E-state index is 13.9. The number of aromatic nitrogens is 1. The molecule has 0 unspecified atom stereocenters. The number of hydrogen-bond donors (Lipinski definition) is 1. The number of nitrogens with zero attached hydrogens (tertiary/aromatic N) is 2. The van der Waals surface area contributed by atoms with E-state index in [2.05, 4.69) is 30.2 Å². The van der Waals surface area contributed by atoms with Crippen LogP contribution in [0.15, 0.2) is 42.5 Å². The minimum Gasteiger partial charge on any atom is -0.473 e. The van der Waals surface area contributed by atoms with Crippen molar-refractivity contribution in [2.75, 3.05) is 13.1 Å². The second-order valence-corrected chi connectivity index (χ2v) is 6.70. The lowest BCUT2D eigenvalue weighted by Gasteiger charge is -2.32. The summed E-state index contributed by atoms with van der Waals surface area (Å²) in [5.41, 5.74) is 2.74. The van der Waals surface area contributed by atoms with E-state index in [1.54, 1.807) is 18.2 Å². The molecule has 0 saturated carbocycles. The molecule has 1 aliphatic rings. The molecule has 0 radical (unpaired) electrons. The maximum Gasteiger partial charge on any atom is 0.214 e. The molecule has 1 aliphatic heterocycles. The third kappa shape index (κ3) is 3.86. The fourth-order valence-electron chi connectivity index (χ4n) is 2.91. The molecule has 5 heteroatoms. The number of hydrogen-bond acceptors (Lipinski definition) is 4. The highest BCUT2D eigenvalue weighted by molar-refractivity contribution is 5.68. The summed E-state index contributed by atoms with van der Waals surface area (Å²) in [4.78, 5) is 4.58. The normalized spacial score (nSPS) is 16.0. The lowest BCUT2D eigenvalue weighted by molar-refractivity contribution is 0.287. The minimum absolute atomic E-state index is 0.0108. The van der Waals surface area contributed by atoms with Crippen LogP contribution >= 0.6 is 0 Å². The van der Waals surface area contributed by atoms with Gasteiger partial charge >= 0.3 is 0 Å². The van der Waals surface area contributed by atoms with Gasteiger partial charge in [-0.1, -0.05) is 32.1 Å². The summed E-state index contributed by atoms with van der Waals surface area (Å²) >= 11 is 0. The van der Waals surface area contributed by atoms with E-state index in [1.165, 1.54) is 11.6 Å². The van der Waals surface area contributed by atoms with Crippen LogP contribution in [0, 0.1) is 22.6 Å². The molecule has 3 rings (SSSR count). The van der Waals surface area contributed by atoms with Gasteiger partial charge in [-0.05, 0) is 23.8 Å². The Morgan fingerprint density at radius 2 is 2.16 bits per heavy atom. The molecule has 1 aromatic carbocycles. The van der Waals surface area contributed by atoms with Crippen LogP contribution in [-0.4, -0.2) is 18.1 Å². The quantitative estimate of drug-likeness (QED) is 0.924. The van der Waals surface area contributed by atoms with Crippen molar-refractivity contribution in [1.29, 1.82) is 5.26 Å². The molecule has 0 saturated heterocycles. The molecular weight excluding hydrogens is 317 g/mol. The predicted molar refractivity (Wildman–Crippen MR) is 94.3 cm³/mol. The van der Waals surface area contributed by atoms with Crippen LogP contribution in [0.5, 0.6) is 5.88 Å². The Labute approximate surface area is 147 Å². The SMILES string of the molecule is CC1(C)CNCC=C1c1cccc(OCc2ccc(C#N)cc2F)n1. The minimum atomic E-state index is -0.447. The van der Waals surface area contributed by atoms with Crippen molar-refractivity contribution >= 4 is 5.57 Å². The van der Waals surface area contributed by atoms with Gasteiger partial charge in [0.1, 0.15) is 12.4 Å². The molecule has 2 aromatic rings. The fraction of sp³-hybridized carbons (Fsp3) is 0.300. The van der Waals surface area contributed by atoms with Gasteiger partial charge < -0.3 is 10.1 Å². The Hall–Kier alpha value is -2.71. The van der Waals surface area contributed by atoms with Crippen LogP contribution < -0.4 is 10.1 Å². The summed E-state index contributed by atoms with van der Waals surface area (Å²) < 4.78 is 19.6. The summed E-state index contributed by atoms with van der Waals surface area (Å²) in [7, 11) is 0. The van der Waals surface area contributed by atoms with Crippen molar-refractivity contribution in [2.45, 2.75) is 20.5 Å². The molecule has 1 aromatic heterocycles. The first-order valence-corrected chi connectivity index (χ1v) is 8.20. The lowest BCUT2D eigenvalue weighted by atomic mass is 9.80. The Bertz CT molecular complexity index is 852. The molecule has 0 aliphatic carbocycles. The van der Waals surface area contributed by atoms with E-state index in [4.69, 9.17) is 10.00 Å². The van der Waals surface area contributed by atoms with E-state index >= 15 is 0 Å². The van der Waals surface area contributed by atoms with Gasteiger partial charge in [0.25, 0.3) is 0 Å². The summed E-state index contributed by atoms with van der Waals surface area (Å²) in [6.45, 7) is 6.13. The van der Waals surface area contributed by atoms with E-state index in [-0.39, 0.29) is 12.0 Å². The summed E-state index contributed by atoms with van der Waals surface area (Å²) in [5.74, 6) is 0.00823. The van der Waals surface area contributed by atoms with E-state index in [0.717, 1.165) is 18.8 Å². The third-order valence-corrected chi connectivity index (χ3v) is 4.30. The first-order valence-electron chi connectivity index (χ1n) is 8.20. The van der Waals surface area contributed by atoms with Gasteiger partial charge in [-0.25, -0.2) is 9.37 Å². The molecule has 0 spiro atoms. The molecule has 2 heterocycles. The summed E-state index contributed by atoms with van der Waals surface area (Å²) in [5, 5.41) is 12.1. The van der Waals surface area contributed by atoms with Gasteiger partial charge in [-0.15, -0.1) is 0 Å². The van der Waals surface area contributed by atoms with Crippen molar-refractivity contribution in [3.05, 3.63) is 65.1 Å². The molecule has 128 valence electrons.